The topological polar surface area (TPSA) is 12.0 Å². The summed E-state index contributed by atoms with van der Waals surface area (Å²) >= 11 is 5.93. The van der Waals surface area contributed by atoms with E-state index in [4.69, 9.17) is 11.6 Å². The molecule has 0 spiro atoms. The van der Waals surface area contributed by atoms with Gasteiger partial charge in [-0.1, -0.05) is 23.8 Å². The third-order valence-corrected chi connectivity index (χ3v) is 2.09. The molecule has 56 valence electrons. The summed E-state index contributed by atoms with van der Waals surface area (Å²) in [6, 6.07) is 0. The van der Waals surface area contributed by atoms with E-state index in [1.54, 1.807) is 0 Å². The summed E-state index contributed by atoms with van der Waals surface area (Å²) in [6.07, 6.45) is 7.19. The molecular weight excluding hydrogens is 146 g/mol. The number of rotatable bonds is 2. The van der Waals surface area contributed by atoms with Gasteiger partial charge in [0.25, 0.3) is 0 Å². The number of hydrogen-bond acceptors (Lipinski definition) is 1. The summed E-state index contributed by atoms with van der Waals surface area (Å²) in [7, 11) is 1.95. The summed E-state index contributed by atoms with van der Waals surface area (Å²) in [4.78, 5) is 0. The quantitative estimate of drug-likeness (QED) is 0.646. The van der Waals surface area contributed by atoms with Crippen LogP contribution in [0, 0.1) is 5.92 Å². The highest BCUT2D eigenvalue weighted by atomic mass is 35.5. The average molecular weight is 158 g/mol. The molecule has 0 aromatic heterocycles. The predicted octanol–water partition coefficient (Wildman–Crippen LogP) is 1.90. The van der Waals surface area contributed by atoms with E-state index in [-0.39, 0.29) is 0 Å². The maximum absolute atomic E-state index is 5.93. The predicted molar refractivity (Wildman–Crippen MR) is 45.1 cm³/mol. The average Bonchev–Trinajstić information content (AvgIpc) is 1.94. The molecule has 2 heteroatoms. The van der Waals surface area contributed by atoms with E-state index < -0.39 is 0 Å². The minimum Gasteiger partial charge on any atom is -0.319 e. The van der Waals surface area contributed by atoms with Gasteiger partial charge in [0.1, 0.15) is 0 Å². The van der Waals surface area contributed by atoms with Gasteiger partial charge in [-0.05, 0) is 19.5 Å². The standard InChI is InChI=1S/C8H12ClN/c1-10-6-7-4-2-3-5-8(7)9/h2-3,5,7,10H,4,6H2,1H3. The minimum absolute atomic E-state index is 0.497. The molecule has 1 atom stereocenters. The summed E-state index contributed by atoms with van der Waals surface area (Å²) < 4.78 is 0. The van der Waals surface area contributed by atoms with Crippen LogP contribution in [0.1, 0.15) is 6.42 Å². The molecule has 0 radical (unpaired) electrons. The molecule has 0 amide bonds. The molecule has 10 heavy (non-hydrogen) atoms. The first-order valence-corrected chi connectivity index (χ1v) is 3.89. The van der Waals surface area contributed by atoms with Crippen molar-refractivity contribution in [1.82, 2.24) is 5.32 Å². The summed E-state index contributed by atoms with van der Waals surface area (Å²) in [5, 5.41) is 4.08. The van der Waals surface area contributed by atoms with Gasteiger partial charge >= 0.3 is 0 Å². The van der Waals surface area contributed by atoms with Gasteiger partial charge in [-0.15, -0.1) is 0 Å². The number of nitrogens with one attached hydrogen (secondary N) is 1. The fourth-order valence-electron chi connectivity index (χ4n) is 1.08. The van der Waals surface area contributed by atoms with E-state index in [0.717, 1.165) is 18.0 Å². The Morgan fingerprint density at radius 3 is 3.20 bits per heavy atom. The first-order chi connectivity index (χ1) is 4.84. The van der Waals surface area contributed by atoms with Gasteiger partial charge < -0.3 is 5.32 Å². The van der Waals surface area contributed by atoms with E-state index in [9.17, 15) is 0 Å². The Morgan fingerprint density at radius 2 is 2.60 bits per heavy atom. The lowest BCUT2D eigenvalue weighted by atomic mass is 10.0. The fraction of sp³-hybridized carbons (Fsp3) is 0.500. The zero-order valence-electron chi connectivity index (χ0n) is 6.10. The van der Waals surface area contributed by atoms with Crippen LogP contribution in [0.15, 0.2) is 23.3 Å². The van der Waals surface area contributed by atoms with Crippen LogP contribution in [-0.4, -0.2) is 13.6 Å². The molecule has 1 aliphatic carbocycles. The molecule has 1 aliphatic rings. The van der Waals surface area contributed by atoms with E-state index in [0.29, 0.717) is 5.92 Å². The summed E-state index contributed by atoms with van der Waals surface area (Å²) in [5.41, 5.74) is 0. The Bertz CT molecular complexity index is 161. The lowest BCUT2D eigenvalue weighted by molar-refractivity contribution is 0.592. The van der Waals surface area contributed by atoms with Gasteiger partial charge in [0.2, 0.25) is 0 Å². The Kier molecular flexibility index (Phi) is 2.97. The maximum Gasteiger partial charge on any atom is 0.0227 e. The van der Waals surface area contributed by atoms with Gasteiger partial charge in [0.15, 0.2) is 0 Å². The molecule has 0 aromatic rings. The van der Waals surface area contributed by atoms with Crippen LogP contribution < -0.4 is 5.32 Å². The molecule has 0 bridgehead atoms. The van der Waals surface area contributed by atoms with E-state index in [1.807, 2.05) is 19.2 Å². The molecule has 1 nitrogen and oxygen atoms in total. The van der Waals surface area contributed by atoms with Crippen LogP contribution in [0.25, 0.3) is 0 Å². The lowest BCUT2D eigenvalue weighted by Crippen LogP contribution is -2.19. The second-order valence-electron chi connectivity index (χ2n) is 2.47. The van der Waals surface area contributed by atoms with Crippen molar-refractivity contribution < 1.29 is 0 Å². The Hall–Kier alpha value is -0.270. The van der Waals surface area contributed by atoms with Gasteiger partial charge in [-0.3, -0.25) is 0 Å². The summed E-state index contributed by atoms with van der Waals surface area (Å²) in [5.74, 6) is 0.497. The monoisotopic (exact) mass is 157 g/mol. The minimum atomic E-state index is 0.497. The van der Waals surface area contributed by atoms with Crippen molar-refractivity contribution in [2.24, 2.45) is 5.92 Å². The van der Waals surface area contributed by atoms with Crippen molar-refractivity contribution in [2.75, 3.05) is 13.6 Å². The van der Waals surface area contributed by atoms with Crippen LogP contribution in [0.2, 0.25) is 0 Å². The number of hydrogen-bond donors (Lipinski definition) is 1. The normalized spacial score (nSPS) is 24.6. The SMILES string of the molecule is CNCC1CC=CC=C1Cl. The van der Waals surface area contributed by atoms with Crippen molar-refractivity contribution in [1.29, 1.82) is 0 Å². The first-order valence-electron chi connectivity index (χ1n) is 3.51. The molecule has 1 rings (SSSR count). The van der Waals surface area contributed by atoms with Crippen molar-refractivity contribution in [3.05, 3.63) is 23.3 Å². The van der Waals surface area contributed by atoms with E-state index >= 15 is 0 Å². The van der Waals surface area contributed by atoms with Crippen LogP contribution in [0.5, 0.6) is 0 Å². The first kappa shape index (κ1) is 7.83. The fourth-order valence-corrected chi connectivity index (χ4v) is 1.32. The highest BCUT2D eigenvalue weighted by molar-refractivity contribution is 6.30. The number of allylic oxidation sites excluding steroid dienone is 3. The smallest absolute Gasteiger partial charge is 0.0227 e. The molecule has 0 saturated carbocycles. The van der Waals surface area contributed by atoms with Crippen molar-refractivity contribution in [2.45, 2.75) is 6.42 Å². The van der Waals surface area contributed by atoms with Gasteiger partial charge in [0, 0.05) is 17.5 Å². The van der Waals surface area contributed by atoms with E-state index in [1.165, 1.54) is 0 Å². The number of halogens is 1. The molecular formula is C8H12ClN. The highest BCUT2D eigenvalue weighted by Crippen LogP contribution is 2.22. The van der Waals surface area contributed by atoms with Crippen LogP contribution in [0.4, 0.5) is 0 Å². The Labute approximate surface area is 66.8 Å². The second kappa shape index (κ2) is 3.79. The molecule has 0 heterocycles. The third kappa shape index (κ3) is 1.86. The zero-order valence-corrected chi connectivity index (χ0v) is 6.86. The largest absolute Gasteiger partial charge is 0.319 e. The lowest BCUT2D eigenvalue weighted by Gasteiger charge is -2.15. The molecule has 1 N–H and O–H groups in total. The van der Waals surface area contributed by atoms with Crippen molar-refractivity contribution >= 4 is 11.6 Å². The molecule has 0 aliphatic heterocycles. The van der Waals surface area contributed by atoms with Crippen molar-refractivity contribution in [3.8, 4) is 0 Å². The van der Waals surface area contributed by atoms with E-state index in [2.05, 4.69) is 11.4 Å². The van der Waals surface area contributed by atoms with Crippen molar-refractivity contribution in [3.63, 3.8) is 0 Å². The maximum atomic E-state index is 5.93. The van der Waals surface area contributed by atoms with Crippen LogP contribution in [0.3, 0.4) is 0 Å². The molecule has 1 unspecified atom stereocenters. The van der Waals surface area contributed by atoms with Crippen LogP contribution in [-0.2, 0) is 0 Å². The summed E-state index contributed by atoms with van der Waals surface area (Å²) in [6.45, 7) is 0.972. The Morgan fingerprint density at radius 1 is 1.80 bits per heavy atom. The third-order valence-electron chi connectivity index (χ3n) is 1.65. The van der Waals surface area contributed by atoms with Gasteiger partial charge in [0.05, 0.1) is 0 Å². The zero-order chi connectivity index (χ0) is 7.40. The van der Waals surface area contributed by atoms with Crippen LogP contribution >= 0.6 is 11.6 Å². The highest BCUT2D eigenvalue weighted by Gasteiger charge is 2.11. The second-order valence-corrected chi connectivity index (χ2v) is 2.91. The van der Waals surface area contributed by atoms with Gasteiger partial charge in [-0.2, -0.15) is 0 Å². The molecule has 0 saturated heterocycles. The molecule has 0 fully saturated rings. The van der Waals surface area contributed by atoms with Gasteiger partial charge in [-0.25, -0.2) is 0 Å². The molecule has 0 aromatic carbocycles. The Balaban J connectivity index is 2.47.